The molecule has 6 nitrogen and oxygen atoms in total. The molecule has 0 aliphatic carbocycles. The van der Waals surface area contributed by atoms with Crippen LogP contribution in [0, 0.1) is 0 Å². The van der Waals surface area contributed by atoms with Gasteiger partial charge in [-0.3, -0.25) is 4.90 Å². The van der Waals surface area contributed by atoms with Gasteiger partial charge in [0.15, 0.2) is 0 Å². The molecule has 2 saturated heterocycles. The maximum absolute atomic E-state index is 11.9. The van der Waals surface area contributed by atoms with Crippen LogP contribution in [-0.4, -0.2) is 47.3 Å². The molecule has 2 aliphatic heterocycles. The lowest BCUT2D eigenvalue weighted by molar-refractivity contribution is 0.164. The lowest BCUT2D eigenvalue weighted by atomic mass is 10.2. The molecule has 0 bridgehead atoms. The van der Waals surface area contributed by atoms with Crippen LogP contribution in [0.25, 0.3) is 0 Å². The highest BCUT2D eigenvalue weighted by atomic mass is 16.2. The summed E-state index contributed by atoms with van der Waals surface area (Å²) >= 11 is 0. The summed E-state index contributed by atoms with van der Waals surface area (Å²) in [5, 5.41) is 5.47. The Hall–Kier alpha value is -1.46. The molecule has 4 amide bonds. The standard InChI is InChI=1S/C9H16N4O2/c1-4-5(2)13-7-6(10-8(14)11-7)12(3)9(13)15/h5-7H,4H2,1-3H3,(H2,10,11,14)/t5-,6-,7+/m1/s1. The van der Waals surface area contributed by atoms with Gasteiger partial charge >= 0.3 is 12.1 Å². The maximum Gasteiger partial charge on any atom is 0.323 e. The van der Waals surface area contributed by atoms with Crippen molar-refractivity contribution in [2.75, 3.05) is 7.05 Å². The Balaban J connectivity index is 2.24. The zero-order valence-electron chi connectivity index (χ0n) is 9.15. The first kappa shape index (κ1) is 10.1. The molecular weight excluding hydrogens is 196 g/mol. The van der Waals surface area contributed by atoms with Crippen LogP contribution in [0.4, 0.5) is 9.59 Å². The van der Waals surface area contributed by atoms with Crippen molar-refractivity contribution in [2.45, 2.75) is 38.6 Å². The molecule has 0 aromatic carbocycles. The van der Waals surface area contributed by atoms with Crippen molar-refractivity contribution in [3.63, 3.8) is 0 Å². The van der Waals surface area contributed by atoms with Crippen LogP contribution >= 0.6 is 0 Å². The predicted molar refractivity (Wildman–Crippen MR) is 54.0 cm³/mol. The number of hydrogen-bond donors (Lipinski definition) is 2. The van der Waals surface area contributed by atoms with E-state index in [-0.39, 0.29) is 30.4 Å². The van der Waals surface area contributed by atoms with Gasteiger partial charge in [-0.15, -0.1) is 0 Å². The first-order valence-corrected chi connectivity index (χ1v) is 5.18. The lowest BCUT2D eigenvalue weighted by Gasteiger charge is -2.27. The highest BCUT2D eigenvalue weighted by molar-refractivity contribution is 5.84. The Kier molecular flexibility index (Phi) is 2.21. The predicted octanol–water partition coefficient (Wildman–Crippen LogP) is 0.117. The molecule has 3 atom stereocenters. The second-order valence-corrected chi connectivity index (χ2v) is 4.07. The summed E-state index contributed by atoms with van der Waals surface area (Å²) in [6.45, 7) is 4.01. The molecule has 6 heteroatoms. The molecule has 2 aliphatic rings. The van der Waals surface area contributed by atoms with Gasteiger partial charge in [-0.25, -0.2) is 9.59 Å². The van der Waals surface area contributed by atoms with Crippen LogP contribution in [0.2, 0.25) is 0 Å². The fraction of sp³-hybridized carbons (Fsp3) is 0.778. The number of carbonyl (C=O) groups is 2. The van der Waals surface area contributed by atoms with Gasteiger partial charge < -0.3 is 15.5 Å². The fourth-order valence-electron chi connectivity index (χ4n) is 2.08. The SMILES string of the molecule is CC[C@@H](C)N1C(=O)N(C)[C@H]2NC(=O)N[C@H]21. The fourth-order valence-corrected chi connectivity index (χ4v) is 2.08. The van der Waals surface area contributed by atoms with Crippen LogP contribution in [0.5, 0.6) is 0 Å². The molecule has 0 aromatic heterocycles. The van der Waals surface area contributed by atoms with E-state index in [4.69, 9.17) is 0 Å². The normalized spacial score (nSPS) is 31.4. The minimum absolute atomic E-state index is 0.0353. The van der Waals surface area contributed by atoms with Gasteiger partial charge in [0.1, 0.15) is 12.3 Å². The van der Waals surface area contributed by atoms with E-state index in [0.717, 1.165) is 6.42 Å². The van der Waals surface area contributed by atoms with Crippen LogP contribution in [-0.2, 0) is 0 Å². The van der Waals surface area contributed by atoms with Gasteiger partial charge in [0.25, 0.3) is 0 Å². The van der Waals surface area contributed by atoms with Crippen molar-refractivity contribution in [2.24, 2.45) is 0 Å². The molecule has 2 N–H and O–H groups in total. The Bertz CT molecular complexity index is 306. The molecule has 0 saturated carbocycles. The number of hydrogen-bond acceptors (Lipinski definition) is 2. The summed E-state index contributed by atoms with van der Waals surface area (Å²) in [5.41, 5.74) is 0. The summed E-state index contributed by atoms with van der Waals surface area (Å²) in [6, 6.07) is -0.111. The molecule has 0 spiro atoms. The maximum atomic E-state index is 11.9. The number of rotatable bonds is 2. The van der Waals surface area contributed by atoms with E-state index in [1.807, 2.05) is 13.8 Å². The molecular formula is C9H16N4O2. The van der Waals surface area contributed by atoms with Crippen molar-refractivity contribution in [3.8, 4) is 0 Å². The summed E-state index contributed by atoms with van der Waals surface area (Å²) in [6.07, 6.45) is 0.405. The number of nitrogens with one attached hydrogen (secondary N) is 2. The number of fused-ring (bicyclic) bond motifs is 1. The van der Waals surface area contributed by atoms with Crippen molar-refractivity contribution >= 4 is 12.1 Å². The van der Waals surface area contributed by atoms with E-state index in [2.05, 4.69) is 10.6 Å². The second-order valence-electron chi connectivity index (χ2n) is 4.07. The van der Waals surface area contributed by atoms with Gasteiger partial charge in [0.05, 0.1) is 0 Å². The van der Waals surface area contributed by atoms with E-state index in [1.165, 1.54) is 0 Å². The third-order valence-corrected chi connectivity index (χ3v) is 3.16. The van der Waals surface area contributed by atoms with E-state index in [9.17, 15) is 9.59 Å². The number of likely N-dealkylation sites (N-methyl/N-ethyl adjacent to an activating group) is 1. The van der Waals surface area contributed by atoms with Crippen LogP contribution in [0.1, 0.15) is 20.3 Å². The van der Waals surface area contributed by atoms with Crippen LogP contribution in [0.15, 0.2) is 0 Å². The highest BCUT2D eigenvalue weighted by Crippen LogP contribution is 2.24. The summed E-state index contributed by atoms with van der Waals surface area (Å²) < 4.78 is 0. The number of nitrogens with zero attached hydrogens (tertiary/aromatic N) is 2. The smallest absolute Gasteiger partial charge is 0.314 e. The van der Waals surface area contributed by atoms with Crippen molar-refractivity contribution in [3.05, 3.63) is 0 Å². The van der Waals surface area contributed by atoms with Crippen molar-refractivity contribution in [1.29, 1.82) is 0 Å². The Morgan fingerprint density at radius 1 is 1.33 bits per heavy atom. The minimum Gasteiger partial charge on any atom is -0.314 e. The Labute approximate surface area is 88.6 Å². The minimum atomic E-state index is -0.237. The molecule has 0 unspecified atom stereocenters. The molecule has 2 fully saturated rings. The average molecular weight is 212 g/mol. The largest absolute Gasteiger partial charge is 0.323 e. The number of carbonyl (C=O) groups excluding carboxylic acids is 2. The van der Waals surface area contributed by atoms with E-state index in [0.29, 0.717) is 0 Å². The highest BCUT2D eigenvalue weighted by Gasteiger charge is 2.50. The second kappa shape index (κ2) is 3.29. The first-order chi connectivity index (χ1) is 7.06. The number of urea groups is 2. The van der Waals surface area contributed by atoms with E-state index < -0.39 is 0 Å². The topological polar surface area (TPSA) is 64.7 Å². The van der Waals surface area contributed by atoms with Gasteiger partial charge in [-0.05, 0) is 13.3 Å². The monoisotopic (exact) mass is 212 g/mol. The molecule has 84 valence electrons. The third-order valence-electron chi connectivity index (χ3n) is 3.16. The van der Waals surface area contributed by atoms with E-state index in [1.54, 1.807) is 16.8 Å². The number of amides is 4. The molecule has 0 radical (unpaired) electrons. The summed E-state index contributed by atoms with van der Waals surface area (Å²) in [5.74, 6) is 0. The quantitative estimate of drug-likeness (QED) is 0.682. The van der Waals surface area contributed by atoms with Gasteiger partial charge in [0, 0.05) is 13.1 Å². The summed E-state index contributed by atoms with van der Waals surface area (Å²) in [4.78, 5) is 26.4. The third kappa shape index (κ3) is 1.32. The molecule has 15 heavy (non-hydrogen) atoms. The molecule has 0 aromatic rings. The molecule has 2 rings (SSSR count). The van der Waals surface area contributed by atoms with Crippen molar-refractivity contribution < 1.29 is 9.59 Å². The first-order valence-electron chi connectivity index (χ1n) is 5.18. The Morgan fingerprint density at radius 2 is 1.93 bits per heavy atom. The summed E-state index contributed by atoms with van der Waals surface area (Å²) in [7, 11) is 1.70. The Morgan fingerprint density at radius 3 is 2.53 bits per heavy atom. The lowest BCUT2D eigenvalue weighted by Crippen LogP contribution is -2.47. The molecule has 2 heterocycles. The zero-order chi connectivity index (χ0) is 11.2. The van der Waals surface area contributed by atoms with Gasteiger partial charge in [-0.2, -0.15) is 0 Å². The van der Waals surface area contributed by atoms with Crippen LogP contribution in [0.3, 0.4) is 0 Å². The zero-order valence-corrected chi connectivity index (χ0v) is 9.15. The van der Waals surface area contributed by atoms with Crippen molar-refractivity contribution in [1.82, 2.24) is 20.4 Å². The van der Waals surface area contributed by atoms with Gasteiger partial charge in [-0.1, -0.05) is 6.92 Å². The van der Waals surface area contributed by atoms with Crippen LogP contribution < -0.4 is 10.6 Å². The van der Waals surface area contributed by atoms with Gasteiger partial charge in [0.2, 0.25) is 0 Å². The average Bonchev–Trinajstić information content (AvgIpc) is 2.66. The van der Waals surface area contributed by atoms with E-state index >= 15 is 0 Å².